The molecule has 1 fully saturated rings. The van der Waals surface area contributed by atoms with Crippen molar-refractivity contribution in [3.8, 4) is 11.3 Å². The third-order valence-corrected chi connectivity index (χ3v) is 5.14. The number of ether oxygens (including phenoxy) is 1. The summed E-state index contributed by atoms with van der Waals surface area (Å²) in [5.74, 6) is 0. The molecule has 3 aromatic rings. The van der Waals surface area contributed by atoms with Crippen LogP contribution in [0.25, 0.3) is 22.4 Å². The molecule has 1 saturated heterocycles. The van der Waals surface area contributed by atoms with Crippen molar-refractivity contribution in [2.24, 2.45) is 0 Å². The Morgan fingerprint density at radius 1 is 1.39 bits per heavy atom. The van der Waals surface area contributed by atoms with Gasteiger partial charge in [0, 0.05) is 37.6 Å². The third kappa shape index (κ3) is 2.81. The SMILES string of the molecule is COC1CCN(c2cccc(-c3cnc4[nH]cc(I)c4n3)c2)C1. The fraction of sp³-hybridized carbons (Fsp3) is 0.294. The molecule has 4 rings (SSSR count). The molecule has 23 heavy (non-hydrogen) atoms. The highest BCUT2D eigenvalue weighted by atomic mass is 127. The molecule has 2 aromatic heterocycles. The monoisotopic (exact) mass is 420 g/mol. The first-order valence-electron chi connectivity index (χ1n) is 7.62. The van der Waals surface area contributed by atoms with Gasteiger partial charge in [0.25, 0.3) is 0 Å². The average molecular weight is 420 g/mol. The van der Waals surface area contributed by atoms with Crippen molar-refractivity contribution in [3.05, 3.63) is 40.2 Å². The van der Waals surface area contributed by atoms with Gasteiger partial charge in [-0.15, -0.1) is 0 Å². The van der Waals surface area contributed by atoms with Crippen LogP contribution < -0.4 is 4.90 Å². The van der Waals surface area contributed by atoms with Crippen LogP contribution in [0.2, 0.25) is 0 Å². The number of nitrogens with zero attached hydrogens (tertiary/aromatic N) is 3. The third-order valence-electron chi connectivity index (χ3n) is 4.32. The molecular formula is C17H17IN4O. The molecule has 0 radical (unpaired) electrons. The number of rotatable bonds is 3. The molecule has 3 heterocycles. The molecule has 1 aliphatic heterocycles. The van der Waals surface area contributed by atoms with Gasteiger partial charge in [-0.1, -0.05) is 12.1 Å². The van der Waals surface area contributed by atoms with Crippen LogP contribution in [0.5, 0.6) is 0 Å². The molecule has 1 atom stereocenters. The lowest BCUT2D eigenvalue weighted by Gasteiger charge is -2.19. The molecule has 1 N–H and O–H groups in total. The molecule has 0 aliphatic carbocycles. The summed E-state index contributed by atoms with van der Waals surface area (Å²) in [5, 5.41) is 0. The van der Waals surface area contributed by atoms with Crippen molar-refractivity contribution >= 4 is 39.4 Å². The molecule has 1 aliphatic rings. The largest absolute Gasteiger partial charge is 0.380 e. The number of aromatic amines is 1. The first-order chi connectivity index (χ1) is 11.2. The maximum Gasteiger partial charge on any atom is 0.157 e. The minimum atomic E-state index is 0.330. The van der Waals surface area contributed by atoms with Gasteiger partial charge in [0.1, 0.15) is 5.52 Å². The fourth-order valence-corrected chi connectivity index (χ4v) is 3.55. The van der Waals surface area contributed by atoms with Crippen LogP contribution in [0.15, 0.2) is 36.7 Å². The average Bonchev–Trinajstić information content (AvgIpc) is 3.22. The summed E-state index contributed by atoms with van der Waals surface area (Å²) in [5.41, 5.74) is 4.97. The number of halogens is 1. The van der Waals surface area contributed by atoms with E-state index in [0.717, 1.165) is 45.5 Å². The number of methoxy groups -OCH3 is 1. The van der Waals surface area contributed by atoms with Crippen molar-refractivity contribution < 1.29 is 4.74 Å². The van der Waals surface area contributed by atoms with E-state index in [1.54, 1.807) is 7.11 Å². The smallest absolute Gasteiger partial charge is 0.157 e. The lowest BCUT2D eigenvalue weighted by molar-refractivity contribution is 0.121. The van der Waals surface area contributed by atoms with Crippen LogP contribution in [0.4, 0.5) is 5.69 Å². The van der Waals surface area contributed by atoms with Gasteiger partial charge in [0.15, 0.2) is 5.65 Å². The first kappa shape index (κ1) is 14.9. The quantitative estimate of drug-likeness (QED) is 0.660. The maximum absolute atomic E-state index is 5.46. The van der Waals surface area contributed by atoms with Crippen LogP contribution in [0, 0.1) is 3.57 Å². The van der Waals surface area contributed by atoms with Crippen molar-refractivity contribution in [1.29, 1.82) is 0 Å². The summed E-state index contributed by atoms with van der Waals surface area (Å²) in [6.45, 7) is 1.97. The molecule has 118 valence electrons. The molecule has 0 amide bonds. The van der Waals surface area contributed by atoms with Crippen molar-refractivity contribution in [2.45, 2.75) is 12.5 Å². The van der Waals surface area contributed by atoms with Gasteiger partial charge in [0.2, 0.25) is 0 Å². The second-order valence-electron chi connectivity index (χ2n) is 5.73. The number of hydrogen-bond acceptors (Lipinski definition) is 4. The highest BCUT2D eigenvalue weighted by molar-refractivity contribution is 14.1. The fourth-order valence-electron chi connectivity index (χ4n) is 3.02. The molecule has 5 nitrogen and oxygen atoms in total. The Morgan fingerprint density at radius 2 is 2.30 bits per heavy atom. The van der Waals surface area contributed by atoms with Gasteiger partial charge in [-0.3, -0.25) is 0 Å². The van der Waals surface area contributed by atoms with Gasteiger partial charge in [-0.2, -0.15) is 0 Å². The minimum Gasteiger partial charge on any atom is -0.380 e. The predicted octanol–water partition coefficient (Wildman–Crippen LogP) is 3.45. The van der Waals surface area contributed by atoms with Gasteiger partial charge < -0.3 is 14.6 Å². The normalized spacial score (nSPS) is 18.0. The number of benzene rings is 1. The first-order valence-corrected chi connectivity index (χ1v) is 8.70. The summed E-state index contributed by atoms with van der Waals surface area (Å²) in [7, 11) is 1.79. The molecule has 0 spiro atoms. The Morgan fingerprint density at radius 3 is 3.13 bits per heavy atom. The zero-order valence-electron chi connectivity index (χ0n) is 12.8. The molecule has 1 aromatic carbocycles. The summed E-state index contributed by atoms with van der Waals surface area (Å²) >= 11 is 2.28. The molecule has 6 heteroatoms. The zero-order chi connectivity index (χ0) is 15.8. The standard InChI is InChI=1S/C17H17IN4O/c1-23-13-5-6-22(10-13)12-4-2-3-11(7-12)15-9-20-17-16(21-15)14(18)8-19-17/h2-4,7-9,13H,5-6,10H2,1H3,(H,19,20). The zero-order valence-corrected chi connectivity index (χ0v) is 14.9. The number of fused-ring (bicyclic) bond motifs is 1. The Bertz CT molecular complexity index is 847. The topological polar surface area (TPSA) is 54.0 Å². The lowest BCUT2D eigenvalue weighted by atomic mass is 10.1. The highest BCUT2D eigenvalue weighted by Crippen LogP contribution is 2.27. The van der Waals surface area contributed by atoms with Crippen molar-refractivity contribution in [2.75, 3.05) is 25.1 Å². The van der Waals surface area contributed by atoms with E-state index < -0.39 is 0 Å². The van der Waals surface area contributed by atoms with E-state index >= 15 is 0 Å². The number of hydrogen-bond donors (Lipinski definition) is 1. The lowest BCUT2D eigenvalue weighted by Crippen LogP contribution is -2.22. The molecule has 1 unspecified atom stereocenters. The molecular weight excluding hydrogens is 403 g/mol. The summed E-state index contributed by atoms with van der Waals surface area (Å²) in [4.78, 5) is 14.7. The molecule has 0 saturated carbocycles. The summed E-state index contributed by atoms with van der Waals surface area (Å²) in [6.07, 6.45) is 5.17. The number of nitrogens with one attached hydrogen (secondary N) is 1. The predicted molar refractivity (Wildman–Crippen MR) is 99.7 cm³/mol. The van der Waals surface area contributed by atoms with Crippen LogP contribution in [0.1, 0.15) is 6.42 Å². The second-order valence-corrected chi connectivity index (χ2v) is 6.89. The van der Waals surface area contributed by atoms with Gasteiger partial charge >= 0.3 is 0 Å². The molecule has 0 bridgehead atoms. The Labute approximate surface area is 148 Å². The van der Waals surface area contributed by atoms with Gasteiger partial charge in [-0.05, 0) is 41.1 Å². The van der Waals surface area contributed by atoms with E-state index in [1.807, 2.05) is 12.4 Å². The van der Waals surface area contributed by atoms with Crippen LogP contribution in [0.3, 0.4) is 0 Å². The van der Waals surface area contributed by atoms with Gasteiger partial charge in [0.05, 0.1) is 21.6 Å². The van der Waals surface area contributed by atoms with E-state index in [1.165, 1.54) is 5.69 Å². The van der Waals surface area contributed by atoms with Crippen molar-refractivity contribution in [3.63, 3.8) is 0 Å². The van der Waals surface area contributed by atoms with Crippen LogP contribution in [-0.4, -0.2) is 41.3 Å². The number of H-pyrrole nitrogens is 1. The Hall–Kier alpha value is -1.67. The maximum atomic E-state index is 5.46. The number of aromatic nitrogens is 3. The van der Waals surface area contributed by atoms with Crippen molar-refractivity contribution in [1.82, 2.24) is 15.0 Å². The number of anilines is 1. The van der Waals surface area contributed by atoms with E-state index in [4.69, 9.17) is 9.72 Å². The van der Waals surface area contributed by atoms with E-state index in [9.17, 15) is 0 Å². The van der Waals surface area contributed by atoms with Gasteiger partial charge in [-0.25, -0.2) is 9.97 Å². The van der Waals surface area contributed by atoms with E-state index in [0.29, 0.717) is 6.10 Å². The Kier molecular flexibility index (Phi) is 3.94. The summed E-state index contributed by atoms with van der Waals surface area (Å²) < 4.78 is 6.55. The Balaban J connectivity index is 1.68. The summed E-state index contributed by atoms with van der Waals surface area (Å²) in [6, 6.07) is 8.50. The van der Waals surface area contributed by atoms with Crippen LogP contribution >= 0.6 is 22.6 Å². The van der Waals surface area contributed by atoms with E-state index in [2.05, 4.69) is 61.7 Å². The highest BCUT2D eigenvalue weighted by Gasteiger charge is 2.22. The minimum absolute atomic E-state index is 0.330. The van der Waals surface area contributed by atoms with Crippen LogP contribution in [-0.2, 0) is 4.74 Å². The second kappa shape index (κ2) is 6.09. The van der Waals surface area contributed by atoms with E-state index in [-0.39, 0.29) is 0 Å².